The minimum atomic E-state index is -3.13. The van der Waals surface area contributed by atoms with E-state index in [1.165, 1.54) is 11.8 Å². The smallest absolute Gasteiger partial charge is 0.277 e. The average molecular weight is 342 g/mol. The van der Waals surface area contributed by atoms with Gasteiger partial charge in [0.15, 0.2) is 5.82 Å². The summed E-state index contributed by atoms with van der Waals surface area (Å²) in [6, 6.07) is 6.71. The molecule has 9 heteroatoms. The van der Waals surface area contributed by atoms with Crippen LogP contribution in [0.5, 0.6) is 0 Å². The maximum Gasteiger partial charge on any atom is 0.277 e. The zero-order valence-electron chi connectivity index (χ0n) is 12.4. The van der Waals surface area contributed by atoms with Crippen molar-refractivity contribution in [1.29, 1.82) is 0 Å². The summed E-state index contributed by atoms with van der Waals surface area (Å²) >= 11 is 1.31. The molecule has 2 rings (SSSR count). The number of hydrogen-bond acceptors (Lipinski definition) is 6. The lowest BCUT2D eigenvalue weighted by Crippen LogP contribution is -2.41. The molecule has 0 unspecified atom stereocenters. The van der Waals surface area contributed by atoms with Gasteiger partial charge in [0, 0.05) is 4.90 Å². The molecule has 0 saturated carbocycles. The van der Waals surface area contributed by atoms with E-state index in [1.54, 1.807) is 31.2 Å². The number of nitrogens with one attached hydrogen (secondary N) is 1. The first-order valence-corrected chi connectivity index (χ1v) is 7.77. The first-order chi connectivity index (χ1) is 10.9. The number of nitrogens with zero attached hydrogens (tertiary/aromatic N) is 2. The second-order valence-electron chi connectivity index (χ2n) is 4.76. The first kappa shape index (κ1) is 17.4. The molecule has 1 heterocycles. The van der Waals surface area contributed by atoms with Crippen molar-refractivity contribution < 1.29 is 18.1 Å². The van der Waals surface area contributed by atoms with Gasteiger partial charge in [0.2, 0.25) is 5.89 Å². The molecular weight excluding hydrogens is 326 g/mol. The number of halogens is 2. The number of alkyl halides is 2. The van der Waals surface area contributed by atoms with Crippen LogP contribution < -0.4 is 11.1 Å². The number of hydrogen-bond donors (Lipinski definition) is 2. The molecule has 0 fully saturated rings. The van der Waals surface area contributed by atoms with Gasteiger partial charge in [-0.2, -0.15) is 4.98 Å². The standard InChI is InChI=1S/C14H16F2N4O2S/c1-9-19-12(22-20-9)6-23-11-5-3-2-4-10(11)13(21)18-8-14(15,16)7-17/h2-5H,6-8,17H2,1H3,(H,18,21). The monoisotopic (exact) mass is 342 g/mol. The summed E-state index contributed by atoms with van der Waals surface area (Å²) in [6.45, 7) is 0.0844. The zero-order chi connectivity index (χ0) is 16.9. The third kappa shape index (κ3) is 5.00. The Bertz CT molecular complexity index is 678. The van der Waals surface area contributed by atoms with Gasteiger partial charge in [0.25, 0.3) is 11.8 Å². The summed E-state index contributed by atoms with van der Waals surface area (Å²) in [7, 11) is 0. The van der Waals surface area contributed by atoms with E-state index in [0.29, 0.717) is 27.9 Å². The van der Waals surface area contributed by atoms with Gasteiger partial charge in [-0.1, -0.05) is 17.3 Å². The molecule has 0 atom stereocenters. The van der Waals surface area contributed by atoms with E-state index >= 15 is 0 Å². The summed E-state index contributed by atoms with van der Waals surface area (Å²) < 4.78 is 31.3. The van der Waals surface area contributed by atoms with Crippen LogP contribution >= 0.6 is 11.8 Å². The van der Waals surface area contributed by atoms with Gasteiger partial charge in [-0.05, 0) is 19.1 Å². The van der Waals surface area contributed by atoms with Crippen LogP contribution in [0.3, 0.4) is 0 Å². The lowest BCUT2D eigenvalue weighted by molar-refractivity contribution is 0.0118. The molecule has 1 aromatic heterocycles. The summed E-state index contributed by atoms with van der Waals surface area (Å²) in [5.41, 5.74) is 5.25. The second-order valence-corrected chi connectivity index (χ2v) is 5.78. The quantitative estimate of drug-likeness (QED) is 0.748. The van der Waals surface area contributed by atoms with E-state index in [1.807, 2.05) is 0 Å². The van der Waals surface area contributed by atoms with E-state index in [9.17, 15) is 13.6 Å². The Morgan fingerprint density at radius 2 is 2.17 bits per heavy atom. The SMILES string of the molecule is Cc1noc(CSc2ccccc2C(=O)NCC(F)(F)CN)n1. The highest BCUT2D eigenvalue weighted by Gasteiger charge is 2.27. The summed E-state index contributed by atoms with van der Waals surface area (Å²) in [5, 5.41) is 5.88. The van der Waals surface area contributed by atoms with Crippen molar-refractivity contribution in [1.82, 2.24) is 15.5 Å². The van der Waals surface area contributed by atoms with Gasteiger partial charge in [0.05, 0.1) is 24.4 Å². The number of nitrogens with two attached hydrogens (primary N) is 1. The Balaban J connectivity index is 2.03. The van der Waals surface area contributed by atoms with Crippen molar-refractivity contribution in [3.8, 4) is 0 Å². The van der Waals surface area contributed by atoms with E-state index in [4.69, 9.17) is 10.3 Å². The van der Waals surface area contributed by atoms with E-state index < -0.39 is 24.9 Å². The van der Waals surface area contributed by atoms with E-state index in [2.05, 4.69) is 15.5 Å². The Morgan fingerprint density at radius 3 is 2.83 bits per heavy atom. The molecule has 0 bridgehead atoms. The van der Waals surface area contributed by atoms with Gasteiger partial charge < -0.3 is 15.6 Å². The molecule has 2 aromatic rings. The van der Waals surface area contributed by atoms with Crippen molar-refractivity contribution in [3.05, 3.63) is 41.5 Å². The van der Waals surface area contributed by atoms with Crippen LogP contribution in [-0.4, -0.2) is 35.1 Å². The molecule has 0 aliphatic heterocycles. The van der Waals surface area contributed by atoms with E-state index in [0.717, 1.165) is 0 Å². The van der Waals surface area contributed by atoms with Crippen molar-refractivity contribution in [2.75, 3.05) is 13.1 Å². The number of aromatic nitrogens is 2. The van der Waals surface area contributed by atoms with E-state index in [-0.39, 0.29) is 0 Å². The molecule has 1 aromatic carbocycles. The zero-order valence-corrected chi connectivity index (χ0v) is 13.2. The topological polar surface area (TPSA) is 94.0 Å². The molecule has 6 nitrogen and oxygen atoms in total. The number of rotatable bonds is 7. The number of carbonyl (C=O) groups excluding carboxylic acids is 1. The van der Waals surface area contributed by atoms with Crippen molar-refractivity contribution in [2.24, 2.45) is 5.73 Å². The predicted octanol–water partition coefficient (Wildman–Crippen LogP) is 1.99. The number of benzene rings is 1. The third-order valence-corrected chi connectivity index (χ3v) is 3.92. The van der Waals surface area contributed by atoms with Crippen LogP contribution in [0.15, 0.2) is 33.7 Å². The molecule has 1 amide bonds. The maximum atomic E-state index is 13.1. The molecule has 124 valence electrons. The lowest BCUT2D eigenvalue weighted by atomic mass is 10.2. The highest BCUT2D eigenvalue weighted by molar-refractivity contribution is 7.98. The fraction of sp³-hybridized carbons (Fsp3) is 0.357. The number of thioether (sulfide) groups is 1. The number of aryl methyl sites for hydroxylation is 1. The fourth-order valence-electron chi connectivity index (χ4n) is 1.70. The van der Waals surface area contributed by atoms with Gasteiger partial charge in [-0.15, -0.1) is 11.8 Å². The summed E-state index contributed by atoms with van der Waals surface area (Å²) in [4.78, 5) is 16.8. The van der Waals surface area contributed by atoms with Crippen LogP contribution in [-0.2, 0) is 5.75 Å². The average Bonchev–Trinajstić information content (AvgIpc) is 2.96. The molecule has 0 saturated heterocycles. The molecule has 23 heavy (non-hydrogen) atoms. The maximum absolute atomic E-state index is 13.1. The van der Waals surface area contributed by atoms with Crippen LogP contribution in [0.2, 0.25) is 0 Å². The van der Waals surface area contributed by atoms with Gasteiger partial charge in [-0.25, -0.2) is 8.78 Å². The molecule has 3 N–H and O–H groups in total. The van der Waals surface area contributed by atoms with Gasteiger partial charge in [0.1, 0.15) is 0 Å². The Kier molecular flexibility index (Phi) is 5.67. The van der Waals surface area contributed by atoms with Gasteiger partial charge in [-0.3, -0.25) is 4.79 Å². The van der Waals surface area contributed by atoms with Crippen molar-refractivity contribution in [2.45, 2.75) is 23.5 Å². The van der Waals surface area contributed by atoms with Crippen molar-refractivity contribution >= 4 is 17.7 Å². The highest BCUT2D eigenvalue weighted by atomic mass is 32.2. The van der Waals surface area contributed by atoms with Crippen molar-refractivity contribution in [3.63, 3.8) is 0 Å². The first-order valence-electron chi connectivity index (χ1n) is 6.78. The van der Waals surface area contributed by atoms with Gasteiger partial charge >= 0.3 is 0 Å². The summed E-state index contributed by atoms with van der Waals surface area (Å²) in [5.74, 6) is -2.38. The molecule has 0 spiro atoms. The number of carbonyl (C=O) groups is 1. The fourth-order valence-corrected chi connectivity index (χ4v) is 2.58. The minimum absolute atomic E-state index is 0.307. The van der Waals surface area contributed by atoms with Crippen LogP contribution in [0.25, 0.3) is 0 Å². The predicted molar refractivity (Wildman–Crippen MR) is 81.4 cm³/mol. The van der Waals surface area contributed by atoms with Crippen LogP contribution in [0, 0.1) is 6.92 Å². The Labute approximate surface area is 135 Å². The Morgan fingerprint density at radius 1 is 1.43 bits per heavy atom. The Hall–Kier alpha value is -2.00. The highest BCUT2D eigenvalue weighted by Crippen LogP contribution is 2.26. The summed E-state index contributed by atoms with van der Waals surface area (Å²) in [6.07, 6.45) is 0. The largest absolute Gasteiger partial charge is 0.346 e. The lowest BCUT2D eigenvalue weighted by Gasteiger charge is -2.15. The molecule has 0 aliphatic carbocycles. The van der Waals surface area contributed by atoms with Crippen LogP contribution in [0.1, 0.15) is 22.1 Å². The third-order valence-electron chi connectivity index (χ3n) is 2.86. The normalized spacial score (nSPS) is 11.5. The molecule has 0 radical (unpaired) electrons. The molecular formula is C14H16F2N4O2S. The minimum Gasteiger partial charge on any atom is -0.346 e. The second kappa shape index (κ2) is 7.51. The number of amides is 1. The van der Waals surface area contributed by atoms with Crippen LogP contribution in [0.4, 0.5) is 8.78 Å². The molecule has 0 aliphatic rings.